The molecule has 0 aliphatic rings. The molecule has 2 N–H and O–H groups in total. The van der Waals surface area contributed by atoms with Gasteiger partial charge in [-0.3, -0.25) is 4.79 Å². The second-order valence-corrected chi connectivity index (χ2v) is 3.94. The highest BCUT2D eigenvalue weighted by Crippen LogP contribution is 2.02. The first kappa shape index (κ1) is 11.4. The van der Waals surface area contributed by atoms with Crippen LogP contribution < -0.4 is 11.3 Å². The van der Waals surface area contributed by atoms with Gasteiger partial charge in [0.1, 0.15) is 0 Å². The molecule has 0 aliphatic heterocycles. The van der Waals surface area contributed by atoms with E-state index >= 15 is 0 Å². The summed E-state index contributed by atoms with van der Waals surface area (Å²) in [7, 11) is 0. The van der Waals surface area contributed by atoms with Gasteiger partial charge >= 0.3 is 0 Å². The SMILES string of the molecule is Nc1cnn(CCCc2ccccc2)c(=O)c1. The van der Waals surface area contributed by atoms with Crippen LogP contribution in [-0.4, -0.2) is 9.78 Å². The van der Waals surface area contributed by atoms with E-state index in [9.17, 15) is 4.79 Å². The van der Waals surface area contributed by atoms with Crippen molar-refractivity contribution in [3.8, 4) is 0 Å². The highest BCUT2D eigenvalue weighted by atomic mass is 16.1. The molecule has 4 nitrogen and oxygen atoms in total. The fourth-order valence-electron chi connectivity index (χ4n) is 1.69. The topological polar surface area (TPSA) is 60.9 Å². The maximum absolute atomic E-state index is 11.5. The fraction of sp³-hybridized carbons (Fsp3) is 0.231. The summed E-state index contributed by atoms with van der Waals surface area (Å²) in [6.07, 6.45) is 3.34. The molecule has 1 aromatic carbocycles. The van der Waals surface area contributed by atoms with Gasteiger partial charge in [-0.1, -0.05) is 30.3 Å². The summed E-state index contributed by atoms with van der Waals surface area (Å²) in [5.74, 6) is 0. The van der Waals surface area contributed by atoms with E-state index in [-0.39, 0.29) is 5.56 Å². The molecule has 88 valence electrons. The van der Waals surface area contributed by atoms with Crippen molar-refractivity contribution in [1.82, 2.24) is 9.78 Å². The predicted molar refractivity (Wildman–Crippen MR) is 67.7 cm³/mol. The van der Waals surface area contributed by atoms with Crippen molar-refractivity contribution in [2.75, 3.05) is 5.73 Å². The number of hydrogen-bond donors (Lipinski definition) is 1. The summed E-state index contributed by atoms with van der Waals surface area (Å²) in [5, 5.41) is 3.99. The Morgan fingerprint density at radius 3 is 2.71 bits per heavy atom. The zero-order chi connectivity index (χ0) is 12.1. The van der Waals surface area contributed by atoms with Gasteiger partial charge in [0.15, 0.2) is 0 Å². The van der Waals surface area contributed by atoms with Crippen molar-refractivity contribution in [3.05, 3.63) is 58.5 Å². The second-order valence-electron chi connectivity index (χ2n) is 3.94. The standard InChI is InChI=1S/C13H15N3O/c14-12-9-13(17)16(15-10-12)8-4-7-11-5-2-1-3-6-11/h1-3,5-6,9-10H,4,7-8,14H2. The minimum absolute atomic E-state index is 0.141. The molecule has 0 saturated heterocycles. The van der Waals surface area contributed by atoms with Gasteiger partial charge in [-0.2, -0.15) is 5.10 Å². The first-order chi connectivity index (χ1) is 8.25. The zero-order valence-corrected chi connectivity index (χ0v) is 9.54. The molecule has 1 heterocycles. The lowest BCUT2D eigenvalue weighted by Crippen LogP contribution is -2.22. The molecule has 0 saturated carbocycles. The van der Waals surface area contributed by atoms with Crippen LogP contribution in [0.1, 0.15) is 12.0 Å². The van der Waals surface area contributed by atoms with Crippen molar-refractivity contribution in [1.29, 1.82) is 0 Å². The third kappa shape index (κ3) is 3.17. The largest absolute Gasteiger partial charge is 0.397 e. The quantitative estimate of drug-likeness (QED) is 0.863. The molecule has 0 amide bonds. The average molecular weight is 229 g/mol. The highest BCUT2D eigenvalue weighted by Gasteiger charge is 1.98. The van der Waals surface area contributed by atoms with Crippen LogP contribution >= 0.6 is 0 Å². The van der Waals surface area contributed by atoms with Crippen LogP contribution in [0, 0.1) is 0 Å². The zero-order valence-electron chi connectivity index (χ0n) is 9.54. The number of nitrogen functional groups attached to an aromatic ring is 1. The number of nitrogens with two attached hydrogens (primary N) is 1. The monoisotopic (exact) mass is 229 g/mol. The third-order valence-electron chi connectivity index (χ3n) is 2.57. The molecular weight excluding hydrogens is 214 g/mol. The van der Waals surface area contributed by atoms with Crippen LogP contribution in [0.5, 0.6) is 0 Å². The Kier molecular flexibility index (Phi) is 3.55. The van der Waals surface area contributed by atoms with Gasteiger partial charge in [-0.05, 0) is 18.4 Å². The first-order valence-corrected chi connectivity index (χ1v) is 5.62. The number of aromatic nitrogens is 2. The Morgan fingerprint density at radius 2 is 2.00 bits per heavy atom. The molecule has 1 aromatic heterocycles. The van der Waals surface area contributed by atoms with Gasteiger partial charge in [0, 0.05) is 12.6 Å². The Hall–Kier alpha value is -2.10. The molecule has 0 bridgehead atoms. The molecule has 0 unspecified atom stereocenters. The Morgan fingerprint density at radius 1 is 1.24 bits per heavy atom. The molecule has 2 rings (SSSR count). The van der Waals surface area contributed by atoms with Crippen LogP contribution in [0.3, 0.4) is 0 Å². The maximum Gasteiger partial charge on any atom is 0.268 e. The molecule has 0 radical (unpaired) electrons. The summed E-state index contributed by atoms with van der Waals surface area (Å²) in [4.78, 5) is 11.5. The number of benzene rings is 1. The summed E-state index contributed by atoms with van der Waals surface area (Å²) in [6.45, 7) is 0.619. The average Bonchev–Trinajstić information content (AvgIpc) is 2.33. The lowest BCUT2D eigenvalue weighted by molar-refractivity contribution is 0.549. The van der Waals surface area contributed by atoms with Crippen molar-refractivity contribution in [3.63, 3.8) is 0 Å². The summed E-state index contributed by atoms with van der Waals surface area (Å²) in [6, 6.07) is 11.6. The van der Waals surface area contributed by atoms with Gasteiger partial charge in [-0.25, -0.2) is 4.68 Å². The Labute approximate surface area is 99.7 Å². The van der Waals surface area contributed by atoms with Crippen molar-refractivity contribution in [2.45, 2.75) is 19.4 Å². The predicted octanol–water partition coefficient (Wildman–Crippen LogP) is 1.46. The van der Waals surface area contributed by atoms with Crippen LogP contribution in [0.2, 0.25) is 0 Å². The van der Waals surface area contributed by atoms with Gasteiger partial charge in [0.05, 0.1) is 11.9 Å². The van der Waals surface area contributed by atoms with Gasteiger partial charge < -0.3 is 5.73 Å². The third-order valence-corrected chi connectivity index (χ3v) is 2.57. The van der Waals surface area contributed by atoms with Gasteiger partial charge in [0.2, 0.25) is 0 Å². The maximum atomic E-state index is 11.5. The minimum atomic E-state index is -0.141. The van der Waals surface area contributed by atoms with Gasteiger partial charge in [-0.15, -0.1) is 0 Å². The van der Waals surface area contributed by atoms with Crippen LogP contribution in [-0.2, 0) is 13.0 Å². The molecule has 4 heteroatoms. The summed E-state index contributed by atoms with van der Waals surface area (Å²) in [5.41, 5.74) is 7.02. The normalized spacial score (nSPS) is 10.4. The smallest absolute Gasteiger partial charge is 0.268 e. The molecular formula is C13H15N3O. The lowest BCUT2D eigenvalue weighted by Gasteiger charge is -2.04. The number of nitrogens with zero attached hydrogens (tertiary/aromatic N) is 2. The molecule has 0 fully saturated rings. The van der Waals surface area contributed by atoms with E-state index in [1.54, 1.807) is 0 Å². The van der Waals surface area contributed by atoms with E-state index in [0.29, 0.717) is 12.2 Å². The van der Waals surface area contributed by atoms with E-state index in [1.807, 2.05) is 18.2 Å². The van der Waals surface area contributed by atoms with Crippen molar-refractivity contribution >= 4 is 5.69 Å². The molecule has 0 spiro atoms. The molecule has 2 aromatic rings. The molecule has 0 aliphatic carbocycles. The fourth-order valence-corrected chi connectivity index (χ4v) is 1.69. The number of rotatable bonds is 4. The van der Waals surface area contributed by atoms with Crippen molar-refractivity contribution in [2.24, 2.45) is 0 Å². The van der Waals surface area contributed by atoms with Crippen LogP contribution in [0.25, 0.3) is 0 Å². The number of hydrogen-bond acceptors (Lipinski definition) is 3. The highest BCUT2D eigenvalue weighted by molar-refractivity contribution is 5.31. The summed E-state index contributed by atoms with van der Waals surface area (Å²) >= 11 is 0. The first-order valence-electron chi connectivity index (χ1n) is 5.62. The molecule has 0 atom stereocenters. The van der Waals surface area contributed by atoms with Crippen LogP contribution in [0.15, 0.2) is 47.4 Å². The lowest BCUT2D eigenvalue weighted by atomic mass is 10.1. The Balaban J connectivity index is 1.93. The van der Waals surface area contributed by atoms with Crippen molar-refractivity contribution < 1.29 is 0 Å². The van der Waals surface area contributed by atoms with Gasteiger partial charge in [0.25, 0.3) is 5.56 Å². The molecule has 17 heavy (non-hydrogen) atoms. The van der Waals surface area contributed by atoms with E-state index in [0.717, 1.165) is 12.8 Å². The van der Waals surface area contributed by atoms with E-state index in [1.165, 1.54) is 22.5 Å². The van der Waals surface area contributed by atoms with Crippen LogP contribution in [0.4, 0.5) is 5.69 Å². The van der Waals surface area contributed by atoms with E-state index in [2.05, 4.69) is 17.2 Å². The Bertz CT molecular complexity index is 534. The second kappa shape index (κ2) is 5.30. The number of aryl methyl sites for hydroxylation is 2. The number of anilines is 1. The summed E-state index contributed by atoms with van der Waals surface area (Å²) < 4.78 is 1.44. The minimum Gasteiger partial charge on any atom is -0.397 e. The van der Waals surface area contributed by atoms with E-state index < -0.39 is 0 Å². The van der Waals surface area contributed by atoms with E-state index in [4.69, 9.17) is 5.73 Å².